The van der Waals surface area contributed by atoms with E-state index >= 15 is 0 Å². The molecule has 0 unspecified atom stereocenters. The van der Waals surface area contributed by atoms with Crippen LogP contribution in [0.1, 0.15) is 56.1 Å². The van der Waals surface area contributed by atoms with Crippen LogP contribution < -0.4 is 0 Å². The van der Waals surface area contributed by atoms with Gasteiger partial charge < -0.3 is 4.74 Å². The summed E-state index contributed by atoms with van der Waals surface area (Å²) in [7, 11) is 1.75. The molecule has 20 heavy (non-hydrogen) atoms. The van der Waals surface area contributed by atoms with E-state index < -0.39 is 0 Å². The van der Waals surface area contributed by atoms with E-state index in [-0.39, 0.29) is 0 Å². The topological polar surface area (TPSA) is 9.23 Å². The number of hydrogen-bond acceptors (Lipinski definition) is 1. The highest BCUT2D eigenvalue weighted by Gasteiger charge is 2.20. The van der Waals surface area contributed by atoms with Gasteiger partial charge in [-0.25, -0.2) is 0 Å². The maximum Gasteiger partial charge on any atom is 0.0643 e. The van der Waals surface area contributed by atoms with Crippen molar-refractivity contribution in [3.8, 4) is 0 Å². The minimum absolute atomic E-state index is 0.749. The fourth-order valence-corrected chi connectivity index (χ4v) is 3.23. The van der Waals surface area contributed by atoms with Gasteiger partial charge in [0, 0.05) is 7.11 Å². The number of allylic oxidation sites excluding steroid dienone is 1. The van der Waals surface area contributed by atoms with Crippen LogP contribution in [0.25, 0.3) is 0 Å². The summed E-state index contributed by atoms with van der Waals surface area (Å²) in [4.78, 5) is 0. The number of hydrogen-bond donors (Lipinski definition) is 0. The molecule has 1 aliphatic carbocycles. The number of methoxy groups -OCH3 is 1. The first-order valence-corrected chi connectivity index (χ1v) is 8.08. The molecule has 1 aromatic carbocycles. The molecule has 0 saturated heterocycles. The molecule has 1 nitrogen and oxygen atoms in total. The van der Waals surface area contributed by atoms with Gasteiger partial charge in [-0.3, -0.25) is 0 Å². The third-order valence-corrected chi connectivity index (χ3v) is 4.43. The van der Waals surface area contributed by atoms with Crippen molar-refractivity contribution in [2.75, 3.05) is 13.7 Å². The molecule has 0 aromatic heterocycles. The van der Waals surface area contributed by atoms with Crippen LogP contribution in [0.15, 0.2) is 36.4 Å². The van der Waals surface area contributed by atoms with E-state index in [1.54, 1.807) is 12.7 Å². The Morgan fingerprint density at radius 2 is 1.80 bits per heavy atom. The SMILES string of the molecule is CCCc1ccc([C@H]2CC[C@H](/C=C/COC)CC2)cc1. The Morgan fingerprint density at radius 3 is 2.40 bits per heavy atom. The molecule has 110 valence electrons. The summed E-state index contributed by atoms with van der Waals surface area (Å²) in [6.45, 7) is 2.99. The molecule has 1 saturated carbocycles. The second-order valence-corrected chi connectivity index (χ2v) is 5.99. The molecule has 1 fully saturated rings. The Balaban J connectivity index is 1.83. The summed E-state index contributed by atoms with van der Waals surface area (Å²) in [5, 5.41) is 0. The Morgan fingerprint density at radius 1 is 1.10 bits per heavy atom. The lowest BCUT2D eigenvalue weighted by atomic mass is 9.78. The summed E-state index contributed by atoms with van der Waals surface area (Å²) in [6.07, 6.45) is 12.3. The predicted molar refractivity (Wildman–Crippen MR) is 86.2 cm³/mol. The number of rotatable bonds is 6. The molecule has 1 heteroatoms. The molecule has 0 N–H and O–H groups in total. The van der Waals surface area contributed by atoms with Gasteiger partial charge in [-0.05, 0) is 55.1 Å². The maximum atomic E-state index is 5.07. The summed E-state index contributed by atoms with van der Waals surface area (Å²) < 4.78 is 5.07. The Hall–Kier alpha value is -1.08. The maximum absolute atomic E-state index is 5.07. The van der Waals surface area contributed by atoms with Crippen LogP contribution in [0.2, 0.25) is 0 Å². The minimum Gasteiger partial charge on any atom is -0.381 e. The number of benzene rings is 1. The summed E-state index contributed by atoms with van der Waals surface area (Å²) in [6, 6.07) is 9.36. The number of ether oxygens (including phenoxy) is 1. The largest absolute Gasteiger partial charge is 0.381 e. The molecule has 0 atom stereocenters. The van der Waals surface area contributed by atoms with E-state index in [4.69, 9.17) is 4.74 Å². The molecule has 0 radical (unpaired) electrons. The first-order valence-electron chi connectivity index (χ1n) is 8.08. The Labute approximate surface area is 124 Å². The van der Waals surface area contributed by atoms with Gasteiger partial charge in [0.2, 0.25) is 0 Å². The van der Waals surface area contributed by atoms with E-state index in [2.05, 4.69) is 43.3 Å². The van der Waals surface area contributed by atoms with Crippen LogP contribution in [0.3, 0.4) is 0 Å². The van der Waals surface area contributed by atoms with Crippen LogP contribution in [-0.4, -0.2) is 13.7 Å². The summed E-state index contributed by atoms with van der Waals surface area (Å²) in [5.41, 5.74) is 3.02. The van der Waals surface area contributed by atoms with Crippen molar-refractivity contribution in [3.63, 3.8) is 0 Å². The average Bonchev–Trinajstić information content (AvgIpc) is 2.49. The lowest BCUT2D eigenvalue weighted by Gasteiger charge is -2.27. The molecule has 0 heterocycles. The van der Waals surface area contributed by atoms with Gasteiger partial charge in [-0.2, -0.15) is 0 Å². The van der Waals surface area contributed by atoms with Crippen molar-refractivity contribution in [2.45, 2.75) is 51.4 Å². The second kappa shape index (κ2) is 8.26. The van der Waals surface area contributed by atoms with Crippen molar-refractivity contribution in [1.29, 1.82) is 0 Å². The van der Waals surface area contributed by atoms with E-state index in [1.807, 2.05) is 0 Å². The highest BCUT2D eigenvalue weighted by Crippen LogP contribution is 2.36. The van der Waals surface area contributed by atoms with Crippen molar-refractivity contribution in [1.82, 2.24) is 0 Å². The molecule has 1 aromatic rings. The second-order valence-electron chi connectivity index (χ2n) is 5.99. The summed E-state index contributed by atoms with van der Waals surface area (Å²) >= 11 is 0. The molecule has 2 rings (SSSR count). The normalized spacial score (nSPS) is 23.3. The van der Waals surface area contributed by atoms with Crippen LogP contribution in [0.4, 0.5) is 0 Å². The average molecular weight is 272 g/mol. The molecular weight excluding hydrogens is 244 g/mol. The summed E-state index contributed by atoms with van der Waals surface area (Å²) in [5.74, 6) is 1.54. The van der Waals surface area contributed by atoms with E-state index in [1.165, 1.54) is 44.1 Å². The minimum atomic E-state index is 0.749. The van der Waals surface area contributed by atoms with Gasteiger partial charge in [0.15, 0.2) is 0 Å². The standard InChI is InChI=1S/C19H28O/c1-3-5-16-7-11-18(12-8-16)19-13-9-17(10-14-19)6-4-15-20-2/h4,6-8,11-12,17,19H,3,5,9-10,13-15H2,1-2H3/b6-4+/t17-,19-. The monoisotopic (exact) mass is 272 g/mol. The van der Waals surface area contributed by atoms with E-state index in [9.17, 15) is 0 Å². The smallest absolute Gasteiger partial charge is 0.0643 e. The van der Waals surface area contributed by atoms with Crippen LogP contribution in [0.5, 0.6) is 0 Å². The van der Waals surface area contributed by atoms with Crippen LogP contribution in [-0.2, 0) is 11.2 Å². The zero-order valence-electron chi connectivity index (χ0n) is 13.0. The van der Waals surface area contributed by atoms with Gasteiger partial charge in [0.25, 0.3) is 0 Å². The first kappa shape index (κ1) is 15.3. The van der Waals surface area contributed by atoms with Gasteiger partial charge in [0.1, 0.15) is 0 Å². The quantitative estimate of drug-likeness (QED) is 0.653. The molecule has 0 bridgehead atoms. The first-order chi connectivity index (χ1) is 9.83. The van der Waals surface area contributed by atoms with Crippen LogP contribution >= 0.6 is 0 Å². The molecule has 0 spiro atoms. The number of aryl methyl sites for hydroxylation is 1. The predicted octanol–water partition coefficient (Wildman–Crippen LogP) is 5.12. The van der Waals surface area contributed by atoms with Gasteiger partial charge >= 0.3 is 0 Å². The molecule has 1 aliphatic rings. The third kappa shape index (κ3) is 4.49. The fourth-order valence-electron chi connectivity index (χ4n) is 3.23. The van der Waals surface area contributed by atoms with Crippen molar-refractivity contribution >= 4 is 0 Å². The lowest BCUT2D eigenvalue weighted by molar-refractivity contribution is 0.233. The molecule has 0 aliphatic heterocycles. The van der Waals surface area contributed by atoms with Crippen LogP contribution in [0, 0.1) is 5.92 Å². The molecular formula is C19H28O. The zero-order valence-corrected chi connectivity index (χ0v) is 13.0. The van der Waals surface area contributed by atoms with Gasteiger partial charge in [-0.1, -0.05) is 49.8 Å². The van der Waals surface area contributed by atoms with Crippen molar-refractivity contribution < 1.29 is 4.74 Å². The van der Waals surface area contributed by atoms with E-state index in [0.717, 1.165) is 18.4 Å². The van der Waals surface area contributed by atoms with Crippen molar-refractivity contribution in [2.24, 2.45) is 5.92 Å². The highest BCUT2D eigenvalue weighted by atomic mass is 16.5. The van der Waals surface area contributed by atoms with E-state index in [0.29, 0.717) is 0 Å². The van der Waals surface area contributed by atoms with Gasteiger partial charge in [0.05, 0.1) is 6.61 Å². The highest BCUT2D eigenvalue weighted by molar-refractivity contribution is 5.26. The van der Waals surface area contributed by atoms with Gasteiger partial charge in [-0.15, -0.1) is 0 Å². The van der Waals surface area contributed by atoms with Crippen molar-refractivity contribution in [3.05, 3.63) is 47.5 Å². The third-order valence-electron chi connectivity index (χ3n) is 4.43. The fraction of sp³-hybridized carbons (Fsp3) is 0.579. The Bertz CT molecular complexity index is 396. The molecule has 0 amide bonds. The Kier molecular flexibility index (Phi) is 6.32. The zero-order chi connectivity index (χ0) is 14.2. The lowest BCUT2D eigenvalue weighted by Crippen LogP contribution is -2.11.